The van der Waals surface area contributed by atoms with E-state index in [1.165, 1.54) is 0 Å². The van der Waals surface area contributed by atoms with Crippen LogP contribution in [0.5, 0.6) is 0 Å². The Balaban J connectivity index is 0.000000461. The van der Waals surface area contributed by atoms with Crippen molar-refractivity contribution < 1.29 is 4.84 Å². The second-order valence-corrected chi connectivity index (χ2v) is 2.47. The average molecular weight is 193 g/mol. The van der Waals surface area contributed by atoms with Crippen LogP contribution in [-0.2, 0) is 4.84 Å². The van der Waals surface area contributed by atoms with Crippen LogP contribution in [0.25, 0.3) is 5.76 Å². The molecule has 4 nitrogen and oxygen atoms in total. The highest BCUT2D eigenvalue weighted by Gasteiger charge is 2.12. The third kappa shape index (κ3) is 2.03. The highest BCUT2D eigenvalue weighted by molar-refractivity contribution is 5.72. The minimum atomic E-state index is 0.629. The molecule has 0 amide bonds. The van der Waals surface area contributed by atoms with Crippen LogP contribution in [-0.4, -0.2) is 11.5 Å². The molecule has 1 aliphatic rings. The summed E-state index contributed by atoms with van der Waals surface area (Å²) < 4.78 is 0. The quantitative estimate of drug-likeness (QED) is 0.667. The number of nitrogens with two attached hydrogens (primary N) is 1. The summed E-state index contributed by atoms with van der Waals surface area (Å²) in [6.07, 6.45) is 3.56. The Morgan fingerprint density at radius 2 is 2.29 bits per heavy atom. The molecule has 14 heavy (non-hydrogen) atoms. The zero-order valence-corrected chi connectivity index (χ0v) is 8.45. The van der Waals surface area contributed by atoms with E-state index in [9.17, 15) is 0 Å². The van der Waals surface area contributed by atoms with Crippen LogP contribution in [0.15, 0.2) is 24.4 Å². The minimum Gasteiger partial charge on any atom is -0.409 e. The Kier molecular flexibility index (Phi) is 3.94. The van der Waals surface area contributed by atoms with Gasteiger partial charge in [-0.2, -0.15) is 5.90 Å². The van der Waals surface area contributed by atoms with Crippen LogP contribution in [0.1, 0.15) is 19.5 Å². The van der Waals surface area contributed by atoms with Crippen LogP contribution >= 0.6 is 0 Å². The zero-order chi connectivity index (χ0) is 10.4. The summed E-state index contributed by atoms with van der Waals surface area (Å²) in [5, 5.41) is 3.15. The van der Waals surface area contributed by atoms with Crippen molar-refractivity contribution in [3.8, 4) is 0 Å². The number of aromatic nitrogens is 1. The Hall–Kier alpha value is -1.55. The molecule has 2 heterocycles. The van der Waals surface area contributed by atoms with Crippen molar-refractivity contribution in [3.05, 3.63) is 30.1 Å². The second-order valence-electron chi connectivity index (χ2n) is 2.47. The van der Waals surface area contributed by atoms with Crippen LogP contribution < -0.4 is 11.2 Å². The molecule has 0 aromatic carbocycles. The summed E-state index contributed by atoms with van der Waals surface area (Å²) in [5.41, 5.74) is 1.73. The van der Waals surface area contributed by atoms with Gasteiger partial charge in [-0.05, 0) is 18.2 Å². The first-order valence-corrected chi connectivity index (χ1v) is 4.68. The van der Waals surface area contributed by atoms with Gasteiger partial charge in [0.1, 0.15) is 5.69 Å². The molecule has 76 valence electrons. The standard InChI is InChI=1S/C8H9N3O.C2H6/c9-12-7-3-5-10-6-2-1-4-11-8(6)7;1-2/h1-4,10H,5,9H2;1-2H3. The van der Waals surface area contributed by atoms with E-state index >= 15 is 0 Å². The fourth-order valence-corrected chi connectivity index (χ4v) is 1.20. The third-order valence-corrected chi connectivity index (χ3v) is 1.75. The van der Waals surface area contributed by atoms with Crippen LogP contribution in [0, 0.1) is 0 Å². The Labute approximate surface area is 83.7 Å². The van der Waals surface area contributed by atoms with E-state index in [0.717, 1.165) is 17.9 Å². The van der Waals surface area contributed by atoms with E-state index < -0.39 is 0 Å². The van der Waals surface area contributed by atoms with Gasteiger partial charge in [-0.3, -0.25) is 4.98 Å². The van der Waals surface area contributed by atoms with Gasteiger partial charge in [0, 0.05) is 12.7 Å². The first-order valence-electron chi connectivity index (χ1n) is 4.68. The fourth-order valence-electron chi connectivity index (χ4n) is 1.20. The maximum Gasteiger partial charge on any atom is 0.172 e. The van der Waals surface area contributed by atoms with Crippen molar-refractivity contribution in [1.29, 1.82) is 0 Å². The number of fused-ring (bicyclic) bond motifs is 1. The lowest BCUT2D eigenvalue weighted by molar-refractivity contribution is 0.288. The SMILES string of the molecule is CC.NOC1=CCNc2cccnc21. The van der Waals surface area contributed by atoms with Crippen molar-refractivity contribution in [2.45, 2.75) is 13.8 Å². The molecule has 1 aromatic rings. The number of nitrogens with zero attached hydrogens (tertiary/aromatic N) is 1. The zero-order valence-electron chi connectivity index (χ0n) is 8.45. The third-order valence-electron chi connectivity index (χ3n) is 1.75. The van der Waals surface area contributed by atoms with Gasteiger partial charge in [0.15, 0.2) is 5.76 Å². The summed E-state index contributed by atoms with van der Waals surface area (Å²) in [5.74, 6) is 5.71. The van der Waals surface area contributed by atoms with E-state index in [2.05, 4.69) is 15.1 Å². The molecular weight excluding hydrogens is 178 g/mol. The topological polar surface area (TPSA) is 60.2 Å². The van der Waals surface area contributed by atoms with Gasteiger partial charge >= 0.3 is 0 Å². The number of pyridine rings is 1. The first-order chi connectivity index (χ1) is 6.92. The number of anilines is 1. The maximum atomic E-state index is 5.08. The van der Waals surface area contributed by atoms with Crippen molar-refractivity contribution >= 4 is 11.4 Å². The lowest BCUT2D eigenvalue weighted by atomic mass is 10.2. The van der Waals surface area contributed by atoms with E-state index in [0.29, 0.717) is 5.76 Å². The Bertz CT molecular complexity index is 323. The van der Waals surface area contributed by atoms with Gasteiger partial charge in [0.05, 0.1) is 5.69 Å². The first kappa shape index (κ1) is 10.5. The normalized spacial score (nSPS) is 12.6. The largest absolute Gasteiger partial charge is 0.409 e. The van der Waals surface area contributed by atoms with Crippen LogP contribution in [0.2, 0.25) is 0 Å². The highest BCUT2D eigenvalue weighted by Crippen LogP contribution is 2.23. The highest BCUT2D eigenvalue weighted by atomic mass is 16.6. The van der Waals surface area contributed by atoms with Gasteiger partial charge in [-0.1, -0.05) is 13.8 Å². The number of hydrogen-bond donors (Lipinski definition) is 2. The predicted octanol–water partition coefficient (Wildman–Crippen LogP) is 1.76. The minimum absolute atomic E-state index is 0.629. The van der Waals surface area contributed by atoms with E-state index in [-0.39, 0.29) is 0 Å². The monoisotopic (exact) mass is 193 g/mol. The van der Waals surface area contributed by atoms with Gasteiger partial charge in [0.25, 0.3) is 0 Å². The van der Waals surface area contributed by atoms with Crippen molar-refractivity contribution in [2.75, 3.05) is 11.9 Å². The van der Waals surface area contributed by atoms with Crippen molar-refractivity contribution in [1.82, 2.24) is 4.98 Å². The lowest BCUT2D eigenvalue weighted by Gasteiger charge is -2.15. The summed E-state index contributed by atoms with van der Waals surface area (Å²) in [4.78, 5) is 8.81. The van der Waals surface area contributed by atoms with Gasteiger partial charge in [0.2, 0.25) is 0 Å². The molecule has 0 aliphatic carbocycles. The predicted molar refractivity (Wildman–Crippen MR) is 57.3 cm³/mol. The molecular formula is C10H15N3O. The maximum absolute atomic E-state index is 5.08. The molecule has 0 bridgehead atoms. The van der Waals surface area contributed by atoms with E-state index in [4.69, 9.17) is 5.90 Å². The molecule has 3 N–H and O–H groups in total. The molecule has 0 fully saturated rings. The number of rotatable bonds is 1. The molecule has 0 spiro atoms. The molecule has 1 aromatic heterocycles. The Morgan fingerprint density at radius 3 is 3.00 bits per heavy atom. The molecule has 0 unspecified atom stereocenters. The van der Waals surface area contributed by atoms with Gasteiger partial charge in [-0.15, -0.1) is 0 Å². The van der Waals surface area contributed by atoms with Crippen LogP contribution in [0.3, 0.4) is 0 Å². The smallest absolute Gasteiger partial charge is 0.172 e. The fraction of sp³-hybridized carbons (Fsp3) is 0.300. The molecule has 0 saturated heterocycles. The number of nitrogens with one attached hydrogen (secondary N) is 1. The molecule has 2 rings (SSSR count). The van der Waals surface area contributed by atoms with Crippen molar-refractivity contribution in [3.63, 3.8) is 0 Å². The summed E-state index contributed by atoms with van der Waals surface area (Å²) >= 11 is 0. The summed E-state index contributed by atoms with van der Waals surface area (Å²) in [6, 6.07) is 3.81. The molecule has 0 saturated carbocycles. The molecule has 1 aliphatic heterocycles. The molecule has 0 atom stereocenters. The van der Waals surface area contributed by atoms with E-state index in [1.54, 1.807) is 6.20 Å². The van der Waals surface area contributed by atoms with E-state index in [1.807, 2.05) is 32.1 Å². The molecule has 4 heteroatoms. The summed E-state index contributed by atoms with van der Waals surface area (Å²) in [7, 11) is 0. The average Bonchev–Trinajstić information content (AvgIpc) is 2.31. The second kappa shape index (κ2) is 5.24. The van der Waals surface area contributed by atoms with Crippen LogP contribution in [0.4, 0.5) is 5.69 Å². The van der Waals surface area contributed by atoms with Gasteiger partial charge < -0.3 is 10.2 Å². The Morgan fingerprint density at radius 1 is 1.50 bits per heavy atom. The lowest BCUT2D eigenvalue weighted by Crippen LogP contribution is -2.12. The molecule has 0 radical (unpaired) electrons. The summed E-state index contributed by atoms with van der Waals surface area (Å²) in [6.45, 7) is 4.73. The number of hydrogen-bond acceptors (Lipinski definition) is 4. The van der Waals surface area contributed by atoms with Gasteiger partial charge in [-0.25, -0.2) is 0 Å². The van der Waals surface area contributed by atoms with Crippen molar-refractivity contribution in [2.24, 2.45) is 5.90 Å².